The summed E-state index contributed by atoms with van der Waals surface area (Å²) in [4.78, 5) is 10.00. The first-order valence-corrected chi connectivity index (χ1v) is 10.3. The third-order valence-corrected chi connectivity index (χ3v) is 5.48. The van der Waals surface area contributed by atoms with Gasteiger partial charge in [-0.05, 0) is 24.6 Å². The van der Waals surface area contributed by atoms with Crippen molar-refractivity contribution in [1.82, 2.24) is 19.4 Å². The van der Waals surface area contributed by atoms with E-state index in [4.69, 9.17) is 9.72 Å². The van der Waals surface area contributed by atoms with E-state index in [1.165, 1.54) is 11.1 Å². The second kappa shape index (κ2) is 9.32. The number of hydrogen-bond donors (Lipinski definition) is 0. The monoisotopic (exact) mass is 378 g/mol. The normalized spacial score (nSPS) is 16.0. The van der Waals surface area contributed by atoms with E-state index in [0.29, 0.717) is 0 Å². The predicted molar refractivity (Wildman–Crippen MR) is 113 cm³/mol. The molecule has 0 atom stereocenters. The van der Waals surface area contributed by atoms with E-state index < -0.39 is 0 Å². The summed E-state index contributed by atoms with van der Waals surface area (Å²) >= 11 is 0. The van der Waals surface area contributed by atoms with E-state index in [1.54, 1.807) is 0 Å². The molecule has 1 fully saturated rings. The lowest BCUT2D eigenvalue weighted by molar-refractivity contribution is 0.116. The van der Waals surface area contributed by atoms with Crippen molar-refractivity contribution in [2.24, 2.45) is 0 Å². The van der Waals surface area contributed by atoms with Gasteiger partial charge in [0.15, 0.2) is 0 Å². The predicted octanol–water partition coefficient (Wildman–Crippen LogP) is 3.39. The standard InChI is InChI=1S/C23H30N4O/c1-2-28-17-16-27-22-11-7-6-10-21(22)24-23(27)19-26-14-12-25(13-15-26)18-20-8-4-3-5-9-20/h3-11H,2,12-19H2,1H3. The Labute approximate surface area is 167 Å². The van der Waals surface area contributed by atoms with Gasteiger partial charge in [0.25, 0.3) is 0 Å². The minimum Gasteiger partial charge on any atom is -0.380 e. The van der Waals surface area contributed by atoms with E-state index in [0.717, 1.165) is 70.4 Å². The van der Waals surface area contributed by atoms with Crippen LogP contribution in [0.3, 0.4) is 0 Å². The minimum atomic E-state index is 0.731. The van der Waals surface area contributed by atoms with E-state index in [9.17, 15) is 0 Å². The molecule has 0 unspecified atom stereocenters. The van der Waals surface area contributed by atoms with Gasteiger partial charge in [-0.2, -0.15) is 0 Å². The third-order valence-electron chi connectivity index (χ3n) is 5.48. The number of rotatable bonds is 8. The number of nitrogens with zero attached hydrogens (tertiary/aromatic N) is 4. The molecule has 3 aromatic rings. The molecule has 5 heteroatoms. The maximum atomic E-state index is 5.60. The highest BCUT2D eigenvalue weighted by Gasteiger charge is 2.20. The van der Waals surface area contributed by atoms with Crippen molar-refractivity contribution in [1.29, 1.82) is 0 Å². The van der Waals surface area contributed by atoms with Crippen molar-refractivity contribution in [3.8, 4) is 0 Å². The summed E-state index contributed by atoms with van der Waals surface area (Å²) in [6.07, 6.45) is 0. The van der Waals surface area contributed by atoms with Crippen molar-refractivity contribution < 1.29 is 4.74 Å². The van der Waals surface area contributed by atoms with Crippen LogP contribution in [0, 0.1) is 0 Å². The Balaban J connectivity index is 1.39. The van der Waals surface area contributed by atoms with Crippen LogP contribution in [0.25, 0.3) is 11.0 Å². The van der Waals surface area contributed by atoms with Gasteiger partial charge >= 0.3 is 0 Å². The molecule has 0 bridgehead atoms. The molecule has 0 spiro atoms. The summed E-state index contributed by atoms with van der Waals surface area (Å²) in [6, 6.07) is 19.2. The fourth-order valence-corrected chi connectivity index (χ4v) is 3.94. The number of ether oxygens (including phenoxy) is 1. The summed E-state index contributed by atoms with van der Waals surface area (Å²) in [5.74, 6) is 1.15. The van der Waals surface area contributed by atoms with Gasteiger partial charge in [-0.25, -0.2) is 4.98 Å². The molecule has 1 aliphatic heterocycles. The summed E-state index contributed by atoms with van der Waals surface area (Å²) in [6.45, 7) is 10.7. The summed E-state index contributed by atoms with van der Waals surface area (Å²) in [5, 5.41) is 0. The average molecular weight is 379 g/mol. The lowest BCUT2D eigenvalue weighted by Crippen LogP contribution is -2.45. The first kappa shape index (κ1) is 19.1. The van der Waals surface area contributed by atoms with Crippen molar-refractivity contribution in [3.05, 3.63) is 66.0 Å². The lowest BCUT2D eigenvalue weighted by Gasteiger charge is -2.34. The maximum Gasteiger partial charge on any atom is 0.124 e. The zero-order chi connectivity index (χ0) is 19.2. The Morgan fingerprint density at radius 3 is 2.29 bits per heavy atom. The van der Waals surface area contributed by atoms with Crippen LogP contribution in [-0.2, 0) is 24.4 Å². The molecule has 1 saturated heterocycles. The third kappa shape index (κ3) is 4.61. The van der Waals surface area contributed by atoms with E-state index >= 15 is 0 Å². The number of imidazole rings is 1. The van der Waals surface area contributed by atoms with Gasteiger partial charge in [-0.15, -0.1) is 0 Å². The summed E-state index contributed by atoms with van der Waals surface area (Å²) in [5.41, 5.74) is 3.69. The summed E-state index contributed by atoms with van der Waals surface area (Å²) in [7, 11) is 0. The van der Waals surface area contributed by atoms with Crippen molar-refractivity contribution >= 4 is 11.0 Å². The topological polar surface area (TPSA) is 33.5 Å². The zero-order valence-corrected chi connectivity index (χ0v) is 16.8. The zero-order valence-electron chi connectivity index (χ0n) is 16.8. The van der Waals surface area contributed by atoms with Crippen LogP contribution in [0.2, 0.25) is 0 Å². The number of aromatic nitrogens is 2. The van der Waals surface area contributed by atoms with Crippen LogP contribution in [0.15, 0.2) is 54.6 Å². The van der Waals surface area contributed by atoms with Gasteiger partial charge in [-0.3, -0.25) is 9.80 Å². The van der Waals surface area contributed by atoms with E-state index in [2.05, 4.69) is 69.0 Å². The van der Waals surface area contributed by atoms with E-state index in [1.807, 2.05) is 6.92 Å². The minimum absolute atomic E-state index is 0.731. The van der Waals surface area contributed by atoms with Gasteiger partial charge in [0, 0.05) is 45.9 Å². The molecule has 5 nitrogen and oxygen atoms in total. The molecule has 0 saturated carbocycles. The second-order valence-electron chi connectivity index (χ2n) is 7.40. The van der Waals surface area contributed by atoms with Crippen molar-refractivity contribution in [3.63, 3.8) is 0 Å². The lowest BCUT2D eigenvalue weighted by atomic mass is 10.2. The first-order chi connectivity index (χ1) is 13.8. The Hall–Kier alpha value is -2.21. The molecule has 0 radical (unpaired) electrons. The van der Waals surface area contributed by atoms with Crippen molar-refractivity contribution in [2.75, 3.05) is 39.4 Å². The van der Waals surface area contributed by atoms with E-state index in [-0.39, 0.29) is 0 Å². The number of fused-ring (bicyclic) bond motifs is 1. The van der Waals surface area contributed by atoms with Gasteiger partial charge in [0.05, 0.1) is 24.2 Å². The molecule has 2 aromatic carbocycles. The second-order valence-corrected chi connectivity index (χ2v) is 7.40. The molecule has 0 amide bonds. The molecule has 4 rings (SSSR count). The quantitative estimate of drug-likeness (QED) is 0.563. The molecule has 0 aliphatic carbocycles. The van der Waals surface area contributed by atoms with Gasteiger partial charge in [0.1, 0.15) is 5.82 Å². The number of hydrogen-bond acceptors (Lipinski definition) is 4. The summed E-state index contributed by atoms with van der Waals surface area (Å²) < 4.78 is 7.94. The number of para-hydroxylation sites is 2. The smallest absolute Gasteiger partial charge is 0.124 e. The Kier molecular flexibility index (Phi) is 6.37. The number of benzene rings is 2. The van der Waals surface area contributed by atoms with Gasteiger partial charge in [-0.1, -0.05) is 42.5 Å². The van der Waals surface area contributed by atoms with Gasteiger partial charge in [0.2, 0.25) is 0 Å². The highest BCUT2D eigenvalue weighted by Crippen LogP contribution is 2.18. The first-order valence-electron chi connectivity index (χ1n) is 10.3. The Morgan fingerprint density at radius 2 is 1.54 bits per heavy atom. The van der Waals surface area contributed by atoms with Crippen LogP contribution in [0.4, 0.5) is 0 Å². The van der Waals surface area contributed by atoms with Crippen molar-refractivity contribution in [2.45, 2.75) is 26.6 Å². The largest absolute Gasteiger partial charge is 0.380 e. The van der Waals surface area contributed by atoms with Crippen LogP contribution in [0.1, 0.15) is 18.3 Å². The highest BCUT2D eigenvalue weighted by molar-refractivity contribution is 5.75. The highest BCUT2D eigenvalue weighted by atomic mass is 16.5. The van der Waals surface area contributed by atoms with Crippen LogP contribution in [-0.4, -0.2) is 58.7 Å². The SMILES string of the molecule is CCOCCn1c(CN2CCN(Cc3ccccc3)CC2)nc2ccccc21. The maximum absolute atomic E-state index is 5.60. The van der Waals surface area contributed by atoms with Gasteiger partial charge < -0.3 is 9.30 Å². The fourth-order valence-electron chi connectivity index (χ4n) is 3.94. The van der Waals surface area contributed by atoms with Crippen LogP contribution >= 0.6 is 0 Å². The molecular formula is C23H30N4O. The fraction of sp³-hybridized carbons (Fsp3) is 0.435. The molecule has 2 heterocycles. The molecule has 0 N–H and O–H groups in total. The molecule has 28 heavy (non-hydrogen) atoms. The molecule has 1 aliphatic rings. The number of piperazine rings is 1. The van der Waals surface area contributed by atoms with Crippen LogP contribution < -0.4 is 0 Å². The Bertz CT molecular complexity index is 869. The molecule has 1 aromatic heterocycles. The molecule has 148 valence electrons. The van der Waals surface area contributed by atoms with Crippen LogP contribution in [0.5, 0.6) is 0 Å². The molecular weight excluding hydrogens is 348 g/mol. The average Bonchev–Trinajstić information content (AvgIpc) is 3.08. The Morgan fingerprint density at radius 1 is 0.857 bits per heavy atom.